The standard InChI is InChI=1S/C15H21Cl2NO/c1-10(2)13(15(19)6-8-18-9-7-15)11-4-3-5-12(16)14(11)17/h3-5,10,13,18-19H,6-9H2,1-2H3. The summed E-state index contributed by atoms with van der Waals surface area (Å²) in [5, 5.41) is 15.5. The van der Waals surface area contributed by atoms with E-state index in [2.05, 4.69) is 19.2 Å². The quantitative estimate of drug-likeness (QED) is 0.889. The molecule has 1 unspecified atom stereocenters. The molecule has 2 nitrogen and oxygen atoms in total. The van der Waals surface area contributed by atoms with Gasteiger partial charge in [0.2, 0.25) is 0 Å². The maximum Gasteiger partial charge on any atom is 0.0743 e. The molecule has 2 N–H and O–H groups in total. The molecule has 106 valence electrons. The summed E-state index contributed by atoms with van der Waals surface area (Å²) in [5.74, 6) is 0.319. The molecule has 0 aromatic heterocycles. The Kier molecular flexibility index (Phi) is 4.78. The Balaban J connectivity index is 2.42. The SMILES string of the molecule is CC(C)C(c1cccc(Cl)c1Cl)C1(O)CCNCC1. The summed E-state index contributed by atoms with van der Waals surface area (Å²) in [6.45, 7) is 5.94. The van der Waals surface area contributed by atoms with Crippen molar-refractivity contribution in [3.63, 3.8) is 0 Å². The van der Waals surface area contributed by atoms with Crippen molar-refractivity contribution in [2.75, 3.05) is 13.1 Å². The van der Waals surface area contributed by atoms with Gasteiger partial charge in [0.05, 0.1) is 15.6 Å². The number of rotatable bonds is 3. The molecule has 0 spiro atoms. The van der Waals surface area contributed by atoms with E-state index in [0.29, 0.717) is 16.0 Å². The molecule has 1 saturated heterocycles. The molecule has 1 heterocycles. The maximum absolute atomic E-state index is 11.0. The Hall–Kier alpha value is -0.280. The summed E-state index contributed by atoms with van der Waals surface area (Å²) in [7, 11) is 0. The highest BCUT2D eigenvalue weighted by atomic mass is 35.5. The lowest BCUT2D eigenvalue weighted by molar-refractivity contribution is -0.0288. The van der Waals surface area contributed by atoms with Crippen LogP contribution in [0, 0.1) is 5.92 Å². The van der Waals surface area contributed by atoms with E-state index in [9.17, 15) is 5.11 Å². The van der Waals surface area contributed by atoms with Crippen LogP contribution in [0.2, 0.25) is 10.0 Å². The Morgan fingerprint density at radius 3 is 2.42 bits per heavy atom. The topological polar surface area (TPSA) is 32.3 Å². The van der Waals surface area contributed by atoms with Crippen LogP contribution in [0.25, 0.3) is 0 Å². The average Bonchev–Trinajstić information content (AvgIpc) is 2.35. The molecule has 0 saturated carbocycles. The van der Waals surface area contributed by atoms with Crippen molar-refractivity contribution in [3.8, 4) is 0 Å². The second-order valence-electron chi connectivity index (χ2n) is 5.72. The van der Waals surface area contributed by atoms with Crippen LogP contribution in [0.15, 0.2) is 18.2 Å². The fourth-order valence-corrected chi connectivity index (χ4v) is 3.63. The van der Waals surface area contributed by atoms with Crippen LogP contribution in [0.4, 0.5) is 0 Å². The smallest absolute Gasteiger partial charge is 0.0743 e. The molecule has 0 amide bonds. The van der Waals surface area contributed by atoms with Gasteiger partial charge in [-0.15, -0.1) is 0 Å². The first-order valence-corrected chi connectivity index (χ1v) is 7.58. The molecular formula is C15H21Cl2NO. The minimum atomic E-state index is -0.701. The third kappa shape index (κ3) is 3.08. The summed E-state index contributed by atoms with van der Waals surface area (Å²) in [5.41, 5.74) is 0.266. The molecule has 19 heavy (non-hydrogen) atoms. The Morgan fingerprint density at radius 2 is 1.84 bits per heavy atom. The zero-order valence-electron chi connectivity index (χ0n) is 11.4. The average molecular weight is 302 g/mol. The Bertz CT molecular complexity index is 442. The number of halogens is 2. The lowest BCUT2D eigenvalue weighted by Crippen LogP contribution is -2.47. The van der Waals surface area contributed by atoms with Crippen LogP contribution in [0.5, 0.6) is 0 Å². The van der Waals surface area contributed by atoms with E-state index >= 15 is 0 Å². The maximum atomic E-state index is 11.0. The van der Waals surface area contributed by atoms with Crippen molar-refractivity contribution in [2.45, 2.75) is 38.2 Å². The molecule has 0 bridgehead atoms. The first-order chi connectivity index (χ1) is 8.96. The fraction of sp³-hybridized carbons (Fsp3) is 0.600. The van der Waals surface area contributed by atoms with E-state index in [1.807, 2.05) is 12.1 Å². The lowest BCUT2D eigenvalue weighted by atomic mass is 9.71. The van der Waals surface area contributed by atoms with Crippen molar-refractivity contribution in [3.05, 3.63) is 33.8 Å². The van der Waals surface area contributed by atoms with Crippen molar-refractivity contribution in [2.24, 2.45) is 5.92 Å². The van der Waals surface area contributed by atoms with Crippen LogP contribution >= 0.6 is 23.2 Å². The zero-order valence-corrected chi connectivity index (χ0v) is 12.9. The number of piperidine rings is 1. The van der Waals surface area contributed by atoms with Crippen LogP contribution < -0.4 is 5.32 Å². The summed E-state index contributed by atoms with van der Waals surface area (Å²) in [6, 6.07) is 5.68. The second-order valence-corrected chi connectivity index (χ2v) is 6.50. The number of hydrogen-bond donors (Lipinski definition) is 2. The minimum Gasteiger partial charge on any atom is -0.389 e. The minimum absolute atomic E-state index is 0.0146. The molecule has 0 radical (unpaired) electrons. The van der Waals surface area contributed by atoms with Gasteiger partial charge in [-0.1, -0.05) is 49.2 Å². The number of hydrogen-bond acceptors (Lipinski definition) is 2. The first kappa shape index (κ1) is 15.1. The van der Waals surface area contributed by atoms with Gasteiger partial charge in [-0.25, -0.2) is 0 Å². The highest BCUT2D eigenvalue weighted by Crippen LogP contribution is 2.44. The molecule has 0 aliphatic carbocycles. The molecule has 1 aromatic rings. The highest BCUT2D eigenvalue weighted by Gasteiger charge is 2.41. The molecule has 4 heteroatoms. The summed E-state index contributed by atoms with van der Waals surface area (Å²) >= 11 is 12.5. The van der Waals surface area contributed by atoms with Crippen molar-refractivity contribution in [1.82, 2.24) is 5.32 Å². The van der Waals surface area contributed by atoms with Crippen molar-refractivity contribution in [1.29, 1.82) is 0 Å². The lowest BCUT2D eigenvalue weighted by Gasteiger charge is -2.42. The Morgan fingerprint density at radius 1 is 1.21 bits per heavy atom. The van der Waals surface area contributed by atoms with Gasteiger partial charge in [0.15, 0.2) is 0 Å². The normalized spacial score (nSPS) is 20.5. The van der Waals surface area contributed by atoms with Gasteiger partial charge in [0.25, 0.3) is 0 Å². The Labute approximate surface area is 125 Å². The number of nitrogens with one attached hydrogen (secondary N) is 1. The molecular weight excluding hydrogens is 281 g/mol. The largest absolute Gasteiger partial charge is 0.389 e. The van der Waals surface area contributed by atoms with Crippen LogP contribution in [-0.4, -0.2) is 23.8 Å². The van der Waals surface area contributed by atoms with Gasteiger partial charge < -0.3 is 10.4 Å². The van der Waals surface area contributed by atoms with Crippen LogP contribution in [0.3, 0.4) is 0 Å². The molecule has 1 aromatic carbocycles. The summed E-state index contributed by atoms with van der Waals surface area (Å²) < 4.78 is 0. The van der Waals surface area contributed by atoms with E-state index in [0.717, 1.165) is 31.5 Å². The van der Waals surface area contributed by atoms with E-state index in [1.165, 1.54) is 0 Å². The van der Waals surface area contributed by atoms with Gasteiger partial charge in [0.1, 0.15) is 0 Å². The van der Waals surface area contributed by atoms with Gasteiger partial charge in [0, 0.05) is 5.92 Å². The predicted octanol–water partition coefficient (Wildman–Crippen LogP) is 3.85. The monoisotopic (exact) mass is 301 g/mol. The third-order valence-electron chi connectivity index (χ3n) is 4.03. The number of aliphatic hydroxyl groups is 1. The fourth-order valence-electron chi connectivity index (χ4n) is 3.20. The highest BCUT2D eigenvalue weighted by molar-refractivity contribution is 6.42. The molecule has 1 aliphatic heterocycles. The van der Waals surface area contributed by atoms with Crippen LogP contribution in [-0.2, 0) is 0 Å². The molecule has 1 fully saturated rings. The van der Waals surface area contributed by atoms with Crippen LogP contribution in [0.1, 0.15) is 38.2 Å². The summed E-state index contributed by atoms with van der Waals surface area (Å²) in [4.78, 5) is 0. The van der Waals surface area contributed by atoms with E-state index in [-0.39, 0.29) is 5.92 Å². The zero-order chi connectivity index (χ0) is 14.0. The molecule has 2 rings (SSSR count). The first-order valence-electron chi connectivity index (χ1n) is 6.83. The van der Waals surface area contributed by atoms with Gasteiger partial charge in [-0.05, 0) is 43.5 Å². The van der Waals surface area contributed by atoms with Gasteiger partial charge in [-0.3, -0.25) is 0 Å². The summed E-state index contributed by atoms with van der Waals surface area (Å²) in [6.07, 6.45) is 1.50. The second kappa shape index (κ2) is 6.01. The molecule has 1 atom stereocenters. The third-order valence-corrected chi connectivity index (χ3v) is 4.87. The predicted molar refractivity (Wildman–Crippen MR) is 81.1 cm³/mol. The van der Waals surface area contributed by atoms with Crippen molar-refractivity contribution >= 4 is 23.2 Å². The van der Waals surface area contributed by atoms with Gasteiger partial charge in [-0.2, -0.15) is 0 Å². The molecule has 1 aliphatic rings. The number of benzene rings is 1. The van der Waals surface area contributed by atoms with Crippen molar-refractivity contribution < 1.29 is 5.11 Å². The van der Waals surface area contributed by atoms with E-state index in [4.69, 9.17) is 23.2 Å². The van der Waals surface area contributed by atoms with E-state index in [1.54, 1.807) is 6.07 Å². The van der Waals surface area contributed by atoms with Gasteiger partial charge >= 0.3 is 0 Å². The van der Waals surface area contributed by atoms with E-state index < -0.39 is 5.60 Å².